The first-order chi connectivity index (χ1) is 17.2. The third kappa shape index (κ3) is 5.66. The molecule has 0 spiro atoms. The molecule has 1 aliphatic heterocycles. The van der Waals surface area contributed by atoms with Gasteiger partial charge in [0.15, 0.2) is 0 Å². The minimum atomic E-state index is -3.94. The highest BCUT2D eigenvalue weighted by Gasteiger charge is 2.37. The number of nitrogen functional groups attached to an aromatic ring is 1. The molecular weight excluding hydrogens is 507 g/mol. The van der Waals surface area contributed by atoms with Gasteiger partial charge in [0.2, 0.25) is 0 Å². The van der Waals surface area contributed by atoms with Crippen molar-refractivity contribution in [2.75, 3.05) is 26.0 Å². The molecule has 4 atom stereocenters. The molecular formula is C22H27N6O6PS. The maximum absolute atomic E-state index is 13.4. The lowest BCUT2D eigenvalue weighted by atomic mass is 10.1. The molecule has 1 fully saturated rings. The van der Waals surface area contributed by atoms with E-state index in [-0.39, 0.29) is 29.9 Å². The Morgan fingerprint density at radius 2 is 2.08 bits per heavy atom. The number of ether oxygens (including phenoxy) is 2. The molecule has 0 radical (unpaired) electrons. The number of rotatable bonds is 10. The Balaban J connectivity index is 1.50. The summed E-state index contributed by atoms with van der Waals surface area (Å²) in [4.78, 5) is 20.2. The van der Waals surface area contributed by atoms with Crippen molar-refractivity contribution in [1.29, 1.82) is 0 Å². The summed E-state index contributed by atoms with van der Waals surface area (Å²) in [5.74, 6) is -0.00128. The van der Waals surface area contributed by atoms with Crippen LogP contribution in [0.25, 0.3) is 11.0 Å². The van der Waals surface area contributed by atoms with Gasteiger partial charge in [0.1, 0.15) is 41.3 Å². The highest BCUT2D eigenvalue weighted by molar-refractivity contribution is 7.80. The topological polar surface area (TPSA) is 166 Å². The molecule has 0 bridgehead atoms. The molecule has 36 heavy (non-hydrogen) atoms. The molecule has 3 heterocycles. The third-order valence-electron chi connectivity index (χ3n) is 5.68. The van der Waals surface area contributed by atoms with Crippen LogP contribution in [0.5, 0.6) is 5.75 Å². The lowest BCUT2D eigenvalue weighted by Crippen LogP contribution is -2.26. The number of carbonyl (C=O) groups excluding carboxylic acids is 1. The van der Waals surface area contributed by atoms with Gasteiger partial charge >= 0.3 is 13.7 Å². The van der Waals surface area contributed by atoms with Crippen molar-refractivity contribution in [3.8, 4) is 5.75 Å². The lowest BCUT2D eigenvalue weighted by molar-refractivity contribution is -0.139. The Morgan fingerprint density at radius 1 is 1.33 bits per heavy atom. The molecule has 2 aromatic heterocycles. The van der Waals surface area contributed by atoms with Gasteiger partial charge in [-0.1, -0.05) is 37.3 Å². The van der Waals surface area contributed by atoms with Crippen LogP contribution in [-0.4, -0.2) is 51.9 Å². The Kier molecular flexibility index (Phi) is 7.86. The fraction of sp³-hybridized carbons (Fsp3) is 0.364. The Morgan fingerprint density at radius 3 is 2.78 bits per heavy atom. The minimum Gasteiger partial charge on any atom is -0.468 e. The van der Waals surface area contributed by atoms with E-state index < -0.39 is 26.0 Å². The summed E-state index contributed by atoms with van der Waals surface area (Å²) >= 11 is 5.19. The van der Waals surface area contributed by atoms with Gasteiger partial charge in [0.05, 0.1) is 25.2 Å². The van der Waals surface area contributed by atoms with Crippen molar-refractivity contribution < 1.29 is 27.9 Å². The second-order valence-corrected chi connectivity index (χ2v) is 10.4. The molecule has 14 heteroatoms. The number of methoxy groups -OCH3 is 1. The first-order valence-corrected chi connectivity index (χ1v) is 13.0. The maximum Gasteiger partial charge on any atom is 0.459 e. The predicted molar refractivity (Wildman–Crippen MR) is 136 cm³/mol. The predicted octanol–water partition coefficient (Wildman–Crippen LogP) is 2.54. The standard InChI is InChI=1S/C22H27N6O6PS/c1-13-8-15(11-32-35(30,27-9-17(29)31-2)34-14-6-4-3-5-7-14)33-22(13)28-10-16(20(24)36)18-19(23)25-12-26-21(18)28/h3-7,10,12-13,15,22H,8-9,11H2,1-2H3,(H2,24,36)(H,27,30)(H2,23,25,26). The SMILES string of the molecule is COC(=O)CNP(=O)(OCC1CC(C)C(n2cc(C(N)=S)c3c(N)ncnc32)O1)Oc1ccccc1. The van der Waals surface area contributed by atoms with Crippen molar-refractivity contribution in [2.24, 2.45) is 11.7 Å². The van der Waals surface area contributed by atoms with Crippen LogP contribution in [-0.2, 0) is 23.4 Å². The average Bonchev–Trinajstić information content (AvgIpc) is 3.43. The smallest absolute Gasteiger partial charge is 0.459 e. The largest absolute Gasteiger partial charge is 0.468 e. The summed E-state index contributed by atoms with van der Waals surface area (Å²) in [5, 5.41) is 3.10. The normalized spacial score (nSPS) is 21.2. The van der Waals surface area contributed by atoms with Crippen LogP contribution in [0.1, 0.15) is 25.1 Å². The van der Waals surface area contributed by atoms with Gasteiger partial charge < -0.3 is 30.0 Å². The fourth-order valence-corrected chi connectivity index (χ4v) is 5.44. The number of aromatic nitrogens is 3. The summed E-state index contributed by atoms with van der Waals surface area (Å²) < 4.78 is 37.4. The van der Waals surface area contributed by atoms with Crippen molar-refractivity contribution in [2.45, 2.75) is 25.7 Å². The summed E-state index contributed by atoms with van der Waals surface area (Å²) in [6.07, 6.45) is 2.85. The number of nitrogens with zero attached hydrogens (tertiary/aromatic N) is 3. The van der Waals surface area contributed by atoms with Gasteiger partial charge in [-0.15, -0.1) is 0 Å². The third-order valence-corrected chi connectivity index (χ3v) is 7.38. The molecule has 0 aliphatic carbocycles. The molecule has 1 aromatic carbocycles. The van der Waals surface area contributed by atoms with E-state index in [9.17, 15) is 9.36 Å². The van der Waals surface area contributed by atoms with Gasteiger partial charge in [-0.3, -0.25) is 9.32 Å². The van der Waals surface area contributed by atoms with Crippen LogP contribution in [0, 0.1) is 5.92 Å². The summed E-state index contributed by atoms with van der Waals surface area (Å²) in [6, 6.07) is 8.51. The Hall–Kier alpha value is -3.09. The Labute approximate surface area is 212 Å². The van der Waals surface area contributed by atoms with Crippen LogP contribution < -0.4 is 21.1 Å². The summed E-state index contributed by atoms with van der Waals surface area (Å²) in [7, 11) is -2.71. The molecule has 4 rings (SSSR count). The van der Waals surface area contributed by atoms with E-state index >= 15 is 0 Å². The van der Waals surface area contributed by atoms with Gasteiger partial charge in [0.25, 0.3) is 0 Å². The first kappa shape index (κ1) is 26.0. The van der Waals surface area contributed by atoms with Crippen molar-refractivity contribution >= 4 is 47.8 Å². The van der Waals surface area contributed by atoms with Crippen LogP contribution in [0.3, 0.4) is 0 Å². The number of benzene rings is 1. The molecule has 12 nitrogen and oxygen atoms in total. The minimum absolute atomic E-state index is 0.0297. The highest BCUT2D eigenvalue weighted by atomic mass is 32.1. The van der Waals surface area contributed by atoms with E-state index in [2.05, 4.69) is 19.8 Å². The van der Waals surface area contributed by atoms with Gasteiger partial charge in [-0.2, -0.15) is 0 Å². The number of nitrogens with two attached hydrogens (primary N) is 2. The summed E-state index contributed by atoms with van der Waals surface area (Å²) in [6.45, 7) is 1.60. The van der Waals surface area contributed by atoms with E-state index in [0.717, 1.165) is 0 Å². The van der Waals surface area contributed by atoms with Gasteiger partial charge in [0, 0.05) is 17.7 Å². The van der Waals surface area contributed by atoms with Gasteiger partial charge in [-0.05, 0) is 18.6 Å². The molecule has 1 aliphatic rings. The number of hydrogen-bond donors (Lipinski definition) is 3. The molecule has 1 saturated heterocycles. The van der Waals surface area contributed by atoms with Crippen LogP contribution in [0.4, 0.5) is 5.82 Å². The average molecular weight is 535 g/mol. The van der Waals surface area contributed by atoms with Crippen molar-refractivity contribution in [3.05, 3.63) is 48.4 Å². The van der Waals surface area contributed by atoms with Crippen molar-refractivity contribution in [1.82, 2.24) is 19.6 Å². The number of esters is 1. The number of carbonyl (C=O) groups is 1. The highest BCUT2D eigenvalue weighted by Crippen LogP contribution is 2.46. The number of hydrogen-bond acceptors (Lipinski definition) is 10. The zero-order chi connectivity index (χ0) is 25.9. The number of para-hydroxylation sites is 1. The number of nitrogens with one attached hydrogen (secondary N) is 1. The number of anilines is 1. The second kappa shape index (κ2) is 10.9. The van der Waals surface area contributed by atoms with Crippen LogP contribution >= 0.6 is 20.0 Å². The second-order valence-electron chi connectivity index (χ2n) is 8.24. The first-order valence-electron chi connectivity index (χ1n) is 11.1. The molecule has 192 valence electrons. The van der Waals surface area contributed by atoms with Gasteiger partial charge in [-0.25, -0.2) is 19.6 Å². The lowest BCUT2D eigenvalue weighted by Gasteiger charge is -2.22. The summed E-state index contributed by atoms with van der Waals surface area (Å²) in [5.41, 5.74) is 13.1. The van der Waals surface area contributed by atoms with Crippen LogP contribution in [0.2, 0.25) is 0 Å². The molecule has 5 N–H and O–H groups in total. The van der Waals surface area contributed by atoms with E-state index in [1.54, 1.807) is 36.5 Å². The quantitative estimate of drug-likeness (QED) is 0.198. The Bertz CT molecular complexity index is 1300. The van der Waals surface area contributed by atoms with E-state index in [1.165, 1.54) is 13.4 Å². The monoisotopic (exact) mass is 534 g/mol. The van der Waals surface area contributed by atoms with Crippen molar-refractivity contribution in [3.63, 3.8) is 0 Å². The molecule has 0 amide bonds. The zero-order valence-corrected chi connectivity index (χ0v) is 21.4. The van der Waals surface area contributed by atoms with E-state index in [1.807, 2.05) is 11.5 Å². The fourth-order valence-electron chi connectivity index (χ4n) is 3.99. The molecule has 3 aromatic rings. The number of fused-ring (bicyclic) bond motifs is 1. The van der Waals surface area contributed by atoms with Crippen LogP contribution in [0.15, 0.2) is 42.9 Å². The number of thiocarbonyl (C=S) groups is 1. The maximum atomic E-state index is 13.4. The molecule has 0 saturated carbocycles. The van der Waals surface area contributed by atoms with E-state index in [0.29, 0.717) is 28.8 Å². The zero-order valence-electron chi connectivity index (χ0n) is 19.7. The molecule has 4 unspecified atom stereocenters. The van der Waals surface area contributed by atoms with E-state index in [4.69, 9.17) is 37.5 Å².